The fourth-order valence-corrected chi connectivity index (χ4v) is 1.41. The third-order valence-electron chi connectivity index (χ3n) is 2.37. The van der Waals surface area contributed by atoms with E-state index in [-0.39, 0.29) is 0 Å². The second-order valence-corrected chi connectivity index (χ2v) is 3.61. The van der Waals surface area contributed by atoms with Crippen LogP contribution in [0.2, 0.25) is 0 Å². The number of hydrogen-bond donors (Lipinski definition) is 2. The van der Waals surface area contributed by atoms with Crippen molar-refractivity contribution in [3.05, 3.63) is 24.3 Å². The molecular formula is C12H20N4O. The molecule has 0 amide bonds. The van der Waals surface area contributed by atoms with E-state index in [0.29, 0.717) is 5.96 Å². The van der Waals surface area contributed by atoms with Gasteiger partial charge in [0, 0.05) is 25.3 Å². The van der Waals surface area contributed by atoms with Crippen molar-refractivity contribution in [1.82, 2.24) is 5.43 Å². The largest absolute Gasteiger partial charge is 0.497 e. The quantitative estimate of drug-likeness (QED) is 0.358. The Bertz CT molecular complexity index is 379. The molecule has 0 aliphatic carbocycles. The highest BCUT2D eigenvalue weighted by atomic mass is 16.5. The van der Waals surface area contributed by atoms with E-state index in [2.05, 4.69) is 17.3 Å². The second-order valence-electron chi connectivity index (χ2n) is 3.61. The molecule has 0 bridgehead atoms. The van der Waals surface area contributed by atoms with Gasteiger partial charge in [-0.3, -0.25) is 10.4 Å². The Balaban J connectivity index is 2.89. The highest BCUT2D eigenvalue weighted by molar-refractivity contribution is 5.95. The minimum Gasteiger partial charge on any atom is -0.497 e. The van der Waals surface area contributed by atoms with Crippen LogP contribution in [0.4, 0.5) is 5.69 Å². The molecule has 5 nitrogen and oxygen atoms in total. The molecule has 94 valence electrons. The number of benzene rings is 1. The predicted octanol–water partition coefficient (Wildman–Crippen LogP) is 1.36. The smallest absolute Gasteiger partial charge is 0.212 e. The molecule has 1 aromatic carbocycles. The molecule has 0 aliphatic heterocycles. The number of nitrogens with two attached hydrogens (primary N) is 1. The van der Waals surface area contributed by atoms with Crippen molar-refractivity contribution >= 4 is 11.6 Å². The fraction of sp³-hybridized carbons (Fsp3) is 0.417. The average Bonchev–Trinajstić information content (AvgIpc) is 2.39. The normalized spacial score (nSPS) is 11.2. The number of nitrogens with zero attached hydrogens (tertiary/aromatic N) is 2. The average molecular weight is 236 g/mol. The van der Waals surface area contributed by atoms with Gasteiger partial charge in [-0.05, 0) is 18.6 Å². The lowest BCUT2D eigenvalue weighted by Crippen LogP contribution is -2.43. The Kier molecular flexibility index (Phi) is 5.29. The summed E-state index contributed by atoms with van der Waals surface area (Å²) in [4.78, 5) is 6.25. The van der Waals surface area contributed by atoms with Gasteiger partial charge in [0.1, 0.15) is 5.75 Å². The van der Waals surface area contributed by atoms with Crippen LogP contribution in [0.25, 0.3) is 0 Å². The van der Waals surface area contributed by atoms with Gasteiger partial charge in [-0.15, -0.1) is 0 Å². The molecule has 0 unspecified atom stereocenters. The Morgan fingerprint density at radius 3 is 2.88 bits per heavy atom. The summed E-state index contributed by atoms with van der Waals surface area (Å²) in [5.41, 5.74) is 3.58. The van der Waals surface area contributed by atoms with Gasteiger partial charge in [-0.25, -0.2) is 5.84 Å². The number of anilines is 1. The molecule has 0 radical (unpaired) electrons. The SMILES string of the molecule is CCCN=C(NN)N(C)c1cccc(OC)c1. The van der Waals surface area contributed by atoms with Gasteiger partial charge in [-0.1, -0.05) is 13.0 Å². The molecule has 0 saturated carbocycles. The molecule has 0 aromatic heterocycles. The number of aliphatic imine (C=N–C) groups is 1. The third kappa shape index (κ3) is 3.64. The van der Waals surface area contributed by atoms with Gasteiger partial charge >= 0.3 is 0 Å². The summed E-state index contributed by atoms with van der Waals surface area (Å²) in [6, 6.07) is 7.73. The summed E-state index contributed by atoms with van der Waals surface area (Å²) >= 11 is 0. The molecular weight excluding hydrogens is 216 g/mol. The van der Waals surface area contributed by atoms with Crippen LogP contribution in [0.1, 0.15) is 13.3 Å². The number of guanidine groups is 1. The third-order valence-corrected chi connectivity index (χ3v) is 2.37. The molecule has 0 aliphatic rings. The van der Waals surface area contributed by atoms with Crippen LogP contribution in [-0.4, -0.2) is 26.7 Å². The number of hydrogen-bond acceptors (Lipinski definition) is 3. The number of nitrogens with one attached hydrogen (secondary N) is 1. The summed E-state index contributed by atoms with van der Waals surface area (Å²) in [5, 5.41) is 0. The van der Waals surface area contributed by atoms with E-state index in [4.69, 9.17) is 10.6 Å². The van der Waals surface area contributed by atoms with Crippen LogP contribution < -0.4 is 20.9 Å². The number of methoxy groups -OCH3 is 1. The van der Waals surface area contributed by atoms with Crippen molar-refractivity contribution < 1.29 is 4.74 Å². The fourth-order valence-electron chi connectivity index (χ4n) is 1.41. The van der Waals surface area contributed by atoms with Crippen molar-refractivity contribution in [2.45, 2.75) is 13.3 Å². The van der Waals surface area contributed by atoms with Gasteiger partial charge in [0.25, 0.3) is 0 Å². The van der Waals surface area contributed by atoms with Crippen molar-refractivity contribution in [3.8, 4) is 5.75 Å². The molecule has 0 heterocycles. The first kappa shape index (κ1) is 13.3. The summed E-state index contributed by atoms with van der Waals surface area (Å²) < 4.78 is 5.18. The van der Waals surface area contributed by atoms with E-state index in [1.165, 1.54) is 0 Å². The van der Waals surface area contributed by atoms with Crippen molar-refractivity contribution in [3.63, 3.8) is 0 Å². The minimum absolute atomic E-state index is 0.639. The Labute approximate surface area is 102 Å². The number of hydrazine groups is 1. The molecule has 0 fully saturated rings. The van der Waals surface area contributed by atoms with E-state index in [1.54, 1.807) is 7.11 Å². The maximum absolute atomic E-state index is 5.47. The number of ether oxygens (including phenoxy) is 1. The van der Waals surface area contributed by atoms with Crippen molar-refractivity contribution in [2.24, 2.45) is 10.8 Å². The monoisotopic (exact) mass is 236 g/mol. The predicted molar refractivity (Wildman–Crippen MR) is 71.3 cm³/mol. The molecule has 0 spiro atoms. The zero-order chi connectivity index (χ0) is 12.7. The first-order valence-corrected chi connectivity index (χ1v) is 5.61. The van der Waals surface area contributed by atoms with E-state index >= 15 is 0 Å². The zero-order valence-electron chi connectivity index (χ0n) is 10.6. The lowest BCUT2D eigenvalue weighted by atomic mass is 10.3. The first-order valence-electron chi connectivity index (χ1n) is 5.61. The molecule has 3 N–H and O–H groups in total. The van der Waals surface area contributed by atoms with E-state index in [1.807, 2.05) is 36.2 Å². The van der Waals surface area contributed by atoms with Gasteiger partial charge in [0.05, 0.1) is 7.11 Å². The lowest BCUT2D eigenvalue weighted by Gasteiger charge is -2.21. The summed E-state index contributed by atoms with van der Waals surface area (Å²) in [6.45, 7) is 2.82. The topological polar surface area (TPSA) is 62.9 Å². The Morgan fingerprint density at radius 2 is 2.29 bits per heavy atom. The lowest BCUT2D eigenvalue weighted by molar-refractivity contribution is 0.415. The maximum Gasteiger partial charge on any atom is 0.212 e. The molecule has 1 rings (SSSR count). The van der Waals surface area contributed by atoms with Crippen LogP contribution in [0, 0.1) is 0 Å². The van der Waals surface area contributed by atoms with Crippen LogP contribution in [0.3, 0.4) is 0 Å². The van der Waals surface area contributed by atoms with E-state index < -0.39 is 0 Å². The summed E-state index contributed by atoms with van der Waals surface area (Å²) in [7, 11) is 3.55. The van der Waals surface area contributed by atoms with Crippen LogP contribution in [0.15, 0.2) is 29.3 Å². The Morgan fingerprint density at radius 1 is 1.53 bits per heavy atom. The van der Waals surface area contributed by atoms with E-state index in [0.717, 1.165) is 24.4 Å². The highest BCUT2D eigenvalue weighted by Gasteiger charge is 2.07. The number of rotatable bonds is 4. The molecule has 1 aromatic rings. The van der Waals surface area contributed by atoms with Gasteiger partial charge in [0.2, 0.25) is 5.96 Å². The summed E-state index contributed by atoms with van der Waals surface area (Å²) in [6.07, 6.45) is 0.983. The Hall–Kier alpha value is -1.75. The van der Waals surface area contributed by atoms with Gasteiger partial charge < -0.3 is 9.64 Å². The first-order chi connectivity index (χ1) is 8.22. The highest BCUT2D eigenvalue weighted by Crippen LogP contribution is 2.19. The van der Waals surface area contributed by atoms with Gasteiger partial charge in [0.15, 0.2) is 0 Å². The summed E-state index contributed by atoms with van der Waals surface area (Å²) in [5.74, 6) is 6.91. The van der Waals surface area contributed by atoms with Crippen molar-refractivity contribution in [2.75, 3.05) is 25.6 Å². The van der Waals surface area contributed by atoms with Gasteiger partial charge in [-0.2, -0.15) is 0 Å². The minimum atomic E-state index is 0.639. The van der Waals surface area contributed by atoms with Crippen molar-refractivity contribution in [1.29, 1.82) is 0 Å². The standard InChI is InChI=1S/C12H20N4O/c1-4-8-14-12(15-13)16(2)10-6-5-7-11(9-10)17-3/h5-7,9H,4,8,13H2,1-3H3,(H,14,15). The van der Waals surface area contributed by atoms with Crippen LogP contribution >= 0.6 is 0 Å². The molecule has 17 heavy (non-hydrogen) atoms. The second kappa shape index (κ2) is 6.75. The molecule has 0 saturated heterocycles. The van der Waals surface area contributed by atoms with Crippen LogP contribution in [0.5, 0.6) is 5.75 Å². The molecule has 0 atom stereocenters. The van der Waals surface area contributed by atoms with E-state index in [9.17, 15) is 0 Å². The molecule has 5 heteroatoms. The van der Waals surface area contributed by atoms with Crippen LogP contribution in [-0.2, 0) is 0 Å². The maximum atomic E-state index is 5.47. The zero-order valence-corrected chi connectivity index (χ0v) is 10.6.